The predicted octanol–water partition coefficient (Wildman–Crippen LogP) is 2.27. The summed E-state index contributed by atoms with van der Waals surface area (Å²) >= 11 is 1.64. The molecule has 2 N–H and O–H groups in total. The molecule has 1 amide bonds. The van der Waals surface area contributed by atoms with E-state index in [1.165, 1.54) is 5.56 Å². The van der Waals surface area contributed by atoms with E-state index in [9.17, 15) is 4.79 Å². The van der Waals surface area contributed by atoms with Crippen molar-refractivity contribution in [2.45, 2.75) is 19.4 Å². The standard InChI is InChI=1S/C16H16N4OS/c17-16(21)14-8-9-18-20(14)10-13-11-22-15(19-13)7-6-12-4-2-1-3-5-12/h1-5,8-9,11H,6-7,10H2,(H2,17,21). The largest absolute Gasteiger partial charge is 0.364 e. The summed E-state index contributed by atoms with van der Waals surface area (Å²) in [5.74, 6) is -0.475. The highest BCUT2D eigenvalue weighted by atomic mass is 32.1. The number of benzene rings is 1. The molecule has 0 atom stereocenters. The zero-order chi connectivity index (χ0) is 15.4. The second-order valence-corrected chi connectivity index (χ2v) is 5.90. The smallest absolute Gasteiger partial charge is 0.266 e. The average molecular weight is 312 g/mol. The van der Waals surface area contributed by atoms with Crippen molar-refractivity contribution < 1.29 is 4.79 Å². The minimum absolute atomic E-state index is 0.402. The molecule has 0 aliphatic rings. The lowest BCUT2D eigenvalue weighted by Crippen LogP contribution is -2.18. The molecule has 0 fully saturated rings. The summed E-state index contributed by atoms with van der Waals surface area (Å²) in [5.41, 5.74) is 7.92. The molecule has 0 spiro atoms. The molecule has 1 aromatic carbocycles. The third kappa shape index (κ3) is 3.40. The zero-order valence-electron chi connectivity index (χ0n) is 12.0. The van der Waals surface area contributed by atoms with Crippen LogP contribution in [0, 0.1) is 0 Å². The lowest BCUT2D eigenvalue weighted by molar-refractivity contribution is 0.0990. The Bertz CT molecular complexity index is 763. The van der Waals surface area contributed by atoms with Crippen molar-refractivity contribution in [3.05, 3.63) is 69.9 Å². The number of thiazole rings is 1. The number of aryl methyl sites for hydroxylation is 2. The number of carbonyl (C=O) groups excluding carboxylic acids is 1. The van der Waals surface area contributed by atoms with Crippen LogP contribution >= 0.6 is 11.3 Å². The van der Waals surface area contributed by atoms with Gasteiger partial charge in [-0.3, -0.25) is 9.48 Å². The first-order valence-electron chi connectivity index (χ1n) is 7.01. The number of carbonyl (C=O) groups is 1. The second-order valence-electron chi connectivity index (χ2n) is 4.96. The Balaban J connectivity index is 1.64. The number of amides is 1. The van der Waals surface area contributed by atoms with Gasteiger partial charge in [0.25, 0.3) is 5.91 Å². The fourth-order valence-electron chi connectivity index (χ4n) is 2.25. The van der Waals surface area contributed by atoms with E-state index in [0.29, 0.717) is 12.2 Å². The summed E-state index contributed by atoms with van der Waals surface area (Å²) in [7, 11) is 0. The first kappa shape index (κ1) is 14.5. The average Bonchev–Trinajstić information content (AvgIpc) is 3.16. The Labute approximate surface area is 132 Å². The fourth-order valence-corrected chi connectivity index (χ4v) is 3.04. The molecule has 0 saturated carbocycles. The molecule has 5 nitrogen and oxygen atoms in total. The minimum Gasteiger partial charge on any atom is -0.364 e. The number of hydrogen-bond acceptors (Lipinski definition) is 4. The molecule has 0 bridgehead atoms. The molecule has 3 rings (SSSR count). The molecule has 0 saturated heterocycles. The number of nitrogens with two attached hydrogens (primary N) is 1. The van der Waals surface area contributed by atoms with Crippen LogP contribution in [0.5, 0.6) is 0 Å². The third-order valence-corrected chi connectivity index (χ3v) is 4.31. The Hall–Kier alpha value is -2.47. The van der Waals surface area contributed by atoms with Crippen LogP contribution in [0.15, 0.2) is 48.0 Å². The van der Waals surface area contributed by atoms with E-state index in [1.54, 1.807) is 28.3 Å². The van der Waals surface area contributed by atoms with Gasteiger partial charge in [0.15, 0.2) is 0 Å². The van der Waals surface area contributed by atoms with Crippen molar-refractivity contribution in [3.63, 3.8) is 0 Å². The van der Waals surface area contributed by atoms with Gasteiger partial charge in [0.1, 0.15) is 5.69 Å². The van der Waals surface area contributed by atoms with Crippen LogP contribution in [0.3, 0.4) is 0 Å². The summed E-state index contributed by atoms with van der Waals surface area (Å²) in [4.78, 5) is 15.9. The molecule has 2 heterocycles. The van der Waals surface area contributed by atoms with Crippen LogP contribution in [-0.2, 0) is 19.4 Å². The van der Waals surface area contributed by atoms with E-state index in [-0.39, 0.29) is 0 Å². The number of primary amides is 1. The quantitative estimate of drug-likeness (QED) is 0.759. The van der Waals surface area contributed by atoms with Crippen molar-refractivity contribution in [1.29, 1.82) is 0 Å². The van der Waals surface area contributed by atoms with Crippen LogP contribution in [0.2, 0.25) is 0 Å². The lowest BCUT2D eigenvalue weighted by atomic mass is 10.1. The van der Waals surface area contributed by atoms with Crippen molar-refractivity contribution in [1.82, 2.24) is 14.8 Å². The first-order chi connectivity index (χ1) is 10.7. The van der Waals surface area contributed by atoms with E-state index >= 15 is 0 Å². The Morgan fingerprint density at radius 3 is 2.77 bits per heavy atom. The first-order valence-corrected chi connectivity index (χ1v) is 7.89. The molecule has 6 heteroatoms. The maximum absolute atomic E-state index is 11.3. The highest BCUT2D eigenvalue weighted by Gasteiger charge is 2.10. The number of nitrogens with zero attached hydrogens (tertiary/aromatic N) is 3. The highest BCUT2D eigenvalue weighted by molar-refractivity contribution is 7.09. The van der Waals surface area contributed by atoms with Gasteiger partial charge in [0, 0.05) is 18.0 Å². The van der Waals surface area contributed by atoms with Crippen molar-refractivity contribution in [3.8, 4) is 0 Å². The number of hydrogen-bond donors (Lipinski definition) is 1. The van der Waals surface area contributed by atoms with E-state index in [1.807, 2.05) is 23.6 Å². The number of aromatic nitrogens is 3. The van der Waals surface area contributed by atoms with Crippen LogP contribution < -0.4 is 5.73 Å². The van der Waals surface area contributed by atoms with E-state index in [4.69, 9.17) is 5.73 Å². The zero-order valence-corrected chi connectivity index (χ0v) is 12.8. The molecular weight excluding hydrogens is 296 g/mol. The molecular formula is C16H16N4OS. The molecule has 112 valence electrons. The van der Waals surface area contributed by atoms with E-state index in [2.05, 4.69) is 22.2 Å². The molecule has 0 aliphatic carbocycles. The summed E-state index contributed by atoms with van der Waals surface area (Å²) in [6.07, 6.45) is 3.46. The fraction of sp³-hybridized carbons (Fsp3) is 0.188. The van der Waals surface area contributed by atoms with Crippen molar-refractivity contribution in [2.75, 3.05) is 0 Å². The van der Waals surface area contributed by atoms with Gasteiger partial charge in [-0.2, -0.15) is 5.10 Å². The Kier molecular flexibility index (Phi) is 4.29. The van der Waals surface area contributed by atoms with Crippen LogP contribution in [-0.4, -0.2) is 20.7 Å². The predicted molar refractivity (Wildman–Crippen MR) is 85.8 cm³/mol. The molecule has 2 aromatic heterocycles. The normalized spacial score (nSPS) is 10.7. The Morgan fingerprint density at radius 1 is 1.18 bits per heavy atom. The SMILES string of the molecule is NC(=O)c1ccnn1Cc1csc(CCc2ccccc2)n1. The third-order valence-electron chi connectivity index (χ3n) is 3.35. The molecule has 0 radical (unpaired) electrons. The van der Waals surface area contributed by atoms with E-state index in [0.717, 1.165) is 23.5 Å². The van der Waals surface area contributed by atoms with E-state index < -0.39 is 5.91 Å². The summed E-state index contributed by atoms with van der Waals surface area (Å²) in [5, 5.41) is 7.21. The van der Waals surface area contributed by atoms with Gasteiger partial charge >= 0.3 is 0 Å². The van der Waals surface area contributed by atoms with Gasteiger partial charge in [-0.15, -0.1) is 11.3 Å². The van der Waals surface area contributed by atoms with Crippen molar-refractivity contribution in [2.24, 2.45) is 5.73 Å². The molecule has 22 heavy (non-hydrogen) atoms. The summed E-state index contributed by atoms with van der Waals surface area (Å²) < 4.78 is 1.58. The van der Waals surface area contributed by atoms with Gasteiger partial charge in [-0.25, -0.2) is 4.98 Å². The minimum atomic E-state index is -0.475. The van der Waals surface area contributed by atoms with Gasteiger partial charge in [-0.1, -0.05) is 30.3 Å². The van der Waals surface area contributed by atoms with Gasteiger partial charge in [0.2, 0.25) is 0 Å². The van der Waals surface area contributed by atoms with Crippen LogP contribution in [0.25, 0.3) is 0 Å². The maximum Gasteiger partial charge on any atom is 0.266 e. The molecule has 0 unspecified atom stereocenters. The Morgan fingerprint density at radius 2 is 2.00 bits per heavy atom. The maximum atomic E-state index is 11.3. The summed E-state index contributed by atoms with van der Waals surface area (Å²) in [6, 6.07) is 12.0. The van der Waals surface area contributed by atoms with Crippen LogP contribution in [0.1, 0.15) is 26.8 Å². The monoisotopic (exact) mass is 312 g/mol. The molecule has 0 aliphatic heterocycles. The van der Waals surface area contributed by atoms with Crippen molar-refractivity contribution >= 4 is 17.2 Å². The van der Waals surface area contributed by atoms with Crippen LogP contribution in [0.4, 0.5) is 0 Å². The second kappa shape index (κ2) is 6.53. The highest BCUT2D eigenvalue weighted by Crippen LogP contribution is 2.14. The number of rotatable bonds is 6. The summed E-state index contributed by atoms with van der Waals surface area (Å²) in [6.45, 7) is 0.465. The lowest BCUT2D eigenvalue weighted by Gasteiger charge is -2.02. The topological polar surface area (TPSA) is 73.8 Å². The van der Waals surface area contributed by atoms with Gasteiger partial charge in [0.05, 0.1) is 17.2 Å². The van der Waals surface area contributed by atoms with Gasteiger partial charge in [-0.05, 0) is 18.1 Å². The van der Waals surface area contributed by atoms with Gasteiger partial charge < -0.3 is 5.73 Å². The molecule has 3 aromatic rings.